The van der Waals surface area contributed by atoms with Gasteiger partial charge in [-0.3, -0.25) is 0 Å². The Morgan fingerprint density at radius 2 is 1.68 bits per heavy atom. The molecule has 126 valence electrons. The van der Waals surface area contributed by atoms with Crippen molar-refractivity contribution in [2.24, 2.45) is 5.92 Å². The number of nitrogens with zero attached hydrogens (tertiary/aromatic N) is 2. The molecule has 2 unspecified atom stereocenters. The molecule has 2 aromatic carbocycles. The lowest BCUT2D eigenvalue weighted by molar-refractivity contribution is 0.619. The molecule has 1 fully saturated rings. The van der Waals surface area contributed by atoms with Crippen LogP contribution in [0.25, 0.3) is 5.69 Å². The first-order valence-electron chi connectivity index (χ1n) is 8.35. The molecule has 0 radical (unpaired) electrons. The van der Waals surface area contributed by atoms with Gasteiger partial charge in [-0.15, -0.1) is 0 Å². The monoisotopic (exact) mass is 333 g/mol. The van der Waals surface area contributed by atoms with Crippen molar-refractivity contribution < 1.29 is 0 Å². The van der Waals surface area contributed by atoms with Crippen LogP contribution in [0.15, 0.2) is 82.4 Å². The van der Waals surface area contributed by atoms with Gasteiger partial charge < -0.3 is 0 Å². The number of hydrogen-bond acceptors (Lipinski definition) is 2. The summed E-state index contributed by atoms with van der Waals surface area (Å²) in [5.41, 5.74) is 2.04. The van der Waals surface area contributed by atoms with Gasteiger partial charge in [-0.25, -0.2) is 23.9 Å². The average molecular weight is 333 g/mol. The van der Waals surface area contributed by atoms with E-state index in [-0.39, 0.29) is 5.69 Å². The van der Waals surface area contributed by atoms with E-state index in [0.717, 1.165) is 16.6 Å². The normalized spacial score (nSPS) is 18.9. The lowest BCUT2D eigenvalue weighted by Crippen LogP contribution is -2.27. The van der Waals surface area contributed by atoms with Crippen LogP contribution in [0.1, 0.15) is 17.9 Å². The van der Waals surface area contributed by atoms with Gasteiger partial charge in [-0.1, -0.05) is 60.7 Å². The highest BCUT2D eigenvalue weighted by atomic mass is 16.2. The molecule has 1 N–H and O–H groups in total. The number of hydrogen-bond donors (Lipinski definition) is 1. The number of allylic oxidation sites excluding steroid dienone is 1. The van der Waals surface area contributed by atoms with Gasteiger partial charge in [-0.05, 0) is 36.0 Å². The Morgan fingerprint density at radius 1 is 1.04 bits per heavy atom. The molecule has 5 nitrogen and oxygen atoms in total. The summed E-state index contributed by atoms with van der Waals surface area (Å²) >= 11 is 0. The van der Waals surface area contributed by atoms with Crippen LogP contribution in [0, 0.1) is 5.92 Å². The second-order valence-corrected chi connectivity index (χ2v) is 6.47. The molecule has 5 heteroatoms. The average Bonchev–Trinajstić information content (AvgIpc) is 3.39. The third-order valence-corrected chi connectivity index (χ3v) is 4.77. The summed E-state index contributed by atoms with van der Waals surface area (Å²) < 4.78 is 2.49. The number of para-hydroxylation sites is 1. The molecule has 0 spiro atoms. The number of aromatic amines is 1. The van der Waals surface area contributed by atoms with E-state index in [1.54, 1.807) is 24.3 Å². The number of rotatable bonds is 5. The van der Waals surface area contributed by atoms with E-state index in [2.05, 4.69) is 23.8 Å². The predicted octanol–water partition coefficient (Wildman–Crippen LogP) is 2.69. The Morgan fingerprint density at radius 3 is 2.36 bits per heavy atom. The van der Waals surface area contributed by atoms with Crippen LogP contribution in [-0.4, -0.2) is 14.3 Å². The van der Waals surface area contributed by atoms with Gasteiger partial charge in [-0.2, -0.15) is 0 Å². The Balaban J connectivity index is 1.54. The van der Waals surface area contributed by atoms with Crippen molar-refractivity contribution in [2.75, 3.05) is 0 Å². The fourth-order valence-electron chi connectivity index (χ4n) is 3.37. The van der Waals surface area contributed by atoms with E-state index in [1.807, 2.05) is 24.3 Å². The number of benzene rings is 2. The van der Waals surface area contributed by atoms with Crippen molar-refractivity contribution in [1.82, 2.24) is 14.3 Å². The van der Waals surface area contributed by atoms with E-state index in [4.69, 9.17) is 0 Å². The van der Waals surface area contributed by atoms with Crippen molar-refractivity contribution >= 4 is 0 Å². The number of H-pyrrole nitrogens is 1. The largest absolute Gasteiger partial charge is 0.351 e. The molecule has 1 aliphatic carbocycles. The molecule has 0 aliphatic heterocycles. The minimum absolute atomic E-state index is 0.335. The molecule has 0 bridgehead atoms. The molecular weight excluding hydrogens is 314 g/mol. The Kier molecular flexibility index (Phi) is 3.76. The van der Waals surface area contributed by atoms with Gasteiger partial charge in [0.15, 0.2) is 0 Å². The maximum absolute atomic E-state index is 12.6. The van der Waals surface area contributed by atoms with Gasteiger partial charge >= 0.3 is 11.4 Å². The highest BCUT2D eigenvalue weighted by Crippen LogP contribution is 2.51. The zero-order valence-corrected chi connectivity index (χ0v) is 13.8. The predicted molar refractivity (Wildman–Crippen MR) is 97.1 cm³/mol. The summed E-state index contributed by atoms with van der Waals surface area (Å²) in [4.78, 5) is 24.7. The molecule has 1 aromatic heterocycles. The van der Waals surface area contributed by atoms with Crippen molar-refractivity contribution in [1.29, 1.82) is 0 Å². The maximum atomic E-state index is 12.6. The van der Waals surface area contributed by atoms with Crippen molar-refractivity contribution in [3.8, 4) is 5.69 Å². The second kappa shape index (κ2) is 6.09. The highest BCUT2D eigenvalue weighted by molar-refractivity contribution is 5.32. The Hall–Kier alpha value is -3.08. The smallest absolute Gasteiger partial charge is 0.246 e. The minimum Gasteiger partial charge on any atom is -0.246 e. The summed E-state index contributed by atoms with van der Waals surface area (Å²) in [6.45, 7) is 4.48. The summed E-state index contributed by atoms with van der Waals surface area (Å²) in [5.74, 6) is 0.824. The summed E-state index contributed by atoms with van der Waals surface area (Å²) in [7, 11) is 0. The van der Waals surface area contributed by atoms with Crippen LogP contribution in [0.3, 0.4) is 0 Å². The maximum Gasteiger partial charge on any atom is 0.351 e. The van der Waals surface area contributed by atoms with Crippen molar-refractivity contribution in [2.45, 2.75) is 18.9 Å². The van der Waals surface area contributed by atoms with Crippen LogP contribution in [0.4, 0.5) is 0 Å². The fourth-order valence-corrected chi connectivity index (χ4v) is 3.37. The summed E-state index contributed by atoms with van der Waals surface area (Å²) in [5, 5.41) is 2.63. The molecule has 1 saturated carbocycles. The first-order chi connectivity index (χ1) is 12.1. The van der Waals surface area contributed by atoms with Crippen molar-refractivity contribution in [3.05, 3.63) is 99.3 Å². The van der Waals surface area contributed by atoms with E-state index < -0.39 is 5.69 Å². The minimum atomic E-state index is -0.431. The van der Waals surface area contributed by atoms with Gasteiger partial charge in [0.2, 0.25) is 0 Å². The zero-order valence-electron chi connectivity index (χ0n) is 13.8. The molecule has 25 heavy (non-hydrogen) atoms. The fraction of sp³-hybridized carbons (Fsp3) is 0.200. The van der Waals surface area contributed by atoms with Gasteiger partial charge in [0.1, 0.15) is 0 Å². The lowest BCUT2D eigenvalue weighted by atomic mass is 10.1. The molecule has 3 aromatic rings. The number of nitrogens with one attached hydrogen (secondary N) is 1. The molecule has 4 rings (SSSR count). The van der Waals surface area contributed by atoms with Crippen LogP contribution >= 0.6 is 0 Å². The third-order valence-electron chi connectivity index (χ3n) is 4.77. The molecule has 0 amide bonds. The number of aromatic nitrogens is 3. The second-order valence-electron chi connectivity index (χ2n) is 6.47. The Bertz CT molecular complexity index is 1010. The lowest BCUT2D eigenvalue weighted by Gasteiger charge is -2.05. The molecular formula is C20H19N3O2. The van der Waals surface area contributed by atoms with Crippen LogP contribution in [-0.2, 0) is 6.54 Å². The van der Waals surface area contributed by atoms with Crippen LogP contribution < -0.4 is 11.4 Å². The summed E-state index contributed by atoms with van der Waals surface area (Å²) in [6, 6.07) is 19.2. The van der Waals surface area contributed by atoms with Crippen LogP contribution in [0.5, 0.6) is 0 Å². The van der Waals surface area contributed by atoms with E-state index in [1.165, 1.54) is 10.2 Å². The first-order valence-corrected chi connectivity index (χ1v) is 8.35. The molecule has 1 heterocycles. The van der Waals surface area contributed by atoms with Gasteiger partial charge in [0.05, 0.1) is 12.2 Å². The van der Waals surface area contributed by atoms with Gasteiger partial charge in [0.25, 0.3) is 0 Å². The summed E-state index contributed by atoms with van der Waals surface area (Å²) in [6.07, 6.45) is 1.04. The molecule has 0 saturated heterocycles. The molecule has 1 aliphatic rings. The topological polar surface area (TPSA) is 59.8 Å². The van der Waals surface area contributed by atoms with Crippen molar-refractivity contribution in [3.63, 3.8) is 0 Å². The SMILES string of the molecule is C=C(Cn1[nH]c(=O)n(-c2ccccc2)c1=O)C1CC1c1ccccc1. The quantitative estimate of drug-likeness (QED) is 0.730. The zero-order chi connectivity index (χ0) is 17.4. The standard InChI is InChI=1S/C20H19N3O2/c1-14(17-12-18(17)15-8-4-2-5-9-15)13-22-20(25)23(19(24)21-22)16-10-6-3-7-11-16/h2-11,17-18H,1,12-13H2,(H,21,24). The van der Waals surface area contributed by atoms with Crippen LogP contribution in [0.2, 0.25) is 0 Å². The van der Waals surface area contributed by atoms with E-state index >= 15 is 0 Å². The third kappa shape index (κ3) is 2.89. The van der Waals surface area contributed by atoms with E-state index in [0.29, 0.717) is 24.1 Å². The first kappa shape index (κ1) is 15.4. The van der Waals surface area contributed by atoms with E-state index in [9.17, 15) is 9.59 Å². The van der Waals surface area contributed by atoms with Gasteiger partial charge in [0, 0.05) is 0 Å². The Labute approximate surface area is 144 Å². The molecule has 2 atom stereocenters. The highest BCUT2D eigenvalue weighted by Gasteiger charge is 2.40.